The van der Waals surface area contributed by atoms with Crippen LogP contribution in [-0.2, 0) is 9.59 Å². The second-order valence-corrected chi connectivity index (χ2v) is 5.79. The van der Waals surface area contributed by atoms with Gasteiger partial charge >= 0.3 is 0 Å². The molecule has 108 valence electrons. The van der Waals surface area contributed by atoms with E-state index in [0.29, 0.717) is 0 Å². The zero-order valence-corrected chi connectivity index (χ0v) is 12.0. The van der Waals surface area contributed by atoms with E-state index in [1.165, 1.54) is 0 Å². The van der Waals surface area contributed by atoms with Gasteiger partial charge in [0.05, 0.1) is 5.41 Å². The molecule has 2 atom stereocenters. The Labute approximate surface area is 115 Å². The summed E-state index contributed by atoms with van der Waals surface area (Å²) in [6.07, 6.45) is 3.83. The quantitative estimate of drug-likeness (QED) is 0.780. The summed E-state index contributed by atoms with van der Waals surface area (Å²) in [5.74, 6) is 0.0862. The second kappa shape index (κ2) is 5.90. The molecule has 0 aliphatic carbocycles. The van der Waals surface area contributed by atoms with Crippen molar-refractivity contribution in [3.8, 4) is 0 Å². The lowest BCUT2D eigenvalue weighted by atomic mass is 9.83. The maximum Gasteiger partial charge on any atom is 0.244 e. The maximum atomic E-state index is 12.4. The van der Waals surface area contributed by atoms with Crippen molar-refractivity contribution in [2.24, 2.45) is 5.41 Å². The predicted molar refractivity (Wildman–Crippen MR) is 73.6 cm³/mol. The van der Waals surface area contributed by atoms with Crippen LogP contribution in [-0.4, -0.2) is 48.9 Å². The summed E-state index contributed by atoms with van der Waals surface area (Å²) in [4.78, 5) is 26.4. The summed E-state index contributed by atoms with van der Waals surface area (Å²) < 4.78 is 0. The molecule has 2 N–H and O–H groups in total. The van der Waals surface area contributed by atoms with Crippen LogP contribution >= 0.6 is 0 Å². The van der Waals surface area contributed by atoms with E-state index < -0.39 is 6.04 Å². The Balaban J connectivity index is 1.92. The highest BCUT2D eigenvalue weighted by atomic mass is 16.2. The molecule has 0 bridgehead atoms. The normalized spacial score (nSPS) is 28.4. The van der Waals surface area contributed by atoms with Crippen LogP contribution in [0.4, 0.5) is 0 Å². The summed E-state index contributed by atoms with van der Waals surface area (Å²) in [6, 6.07) is -0.408. The third kappa shape index (κ3) is 2.91. The van der Waals surface area contributed by atoms with E-state index in [0.717, 1.165) is 51.9 Å². The molecule has 0 saturated carbocycles. The third-order valence-electron chi connectivity index (χ3n) is 4.54. The summed E-state index contributed by atoms with van der Waals surface area (Å²) >= 11 is 0. The summed E-state index contributed by atoms with van der Waals surface area (Å²) in [7, 11) is 0. The fraction of sp³-hybridized carbons (Fsp3) is 0.857. The Morgan fingerprint density at radius 2 is 2.05 bits per heavy atom. The first-order valence-electron chi connectivity index (χ1n) is 7.39. The van der Waals surface area contributed by atoms with Crippen LogP contribution in [0, 0.1) is 5.41 Å². The zero-order chi connectivity index (χ0) is 13.9. The van der Waals surface area contributed by atoms with E-state index >= 15 is 0 Å². The van der Waals surface area contributed by atoms with Crippen molar-refractivity contribution < 1.29 is 9.59 Å². The van der Waals surface area contributed by atoms with Gasteiger partial charge in [0.15, 0.2) is 0 Å². The van der Waals surface area contributed by atoms with Crippen molar-refractivity contribution in [2.45, 2.75) is 45.6 Å². The van der Waals surface area contributed by atoms with Crippen LogP contribution < -0.4 is 10.6 Å². The van der Waals surface area contributed by atoms with Gasteiger partial charge < -0.3 is 15.5 Å². The molecule has 2 amide bonds. The fourth-order valence-corrected chi connectivity index (χ4v) is 3.02. The van der Waals surface area contributed by atoms with E-state index in [-0.39, 0.29) is 17.2 Å². The van der Waals surface area contributed by atoms with Gasteiger partial charge in [-0.1, -0.05) is 6.92 Å². The smallest absolute Gasteiger partial charge is 0.244 e. The van der Waals surface area contributed by atoms with Crippen molar-refractivity contribution in [3.63, 3.8) is 0 Å². The SMILES string of the molecule is CCC1(C(=O)NC(C)C(=O)N2CCCC2)CCNC1. The van der Waals surface area contributed by atoms with Crippen LogP contribution in [0.3, 0.4) is 0 Å². The van der Waals surface area contributed by atoms with Gasteiger partial charge in [0.25, 0.3) is 0 Å². The lowest BCUT2D eigenvalue weighted by molar-refractivity contribution is -0.138. The number of carbonyl (C=O) groups is 2. The number of amides is 2. The Kier molecular flexibility index (Phi) is 4.45. The highest BCUT2D eigenvalue weighted by Crippen LogP contribution is 2.29. The third-order valence-corrected chi connectivity index (χ3v) is 4.54. The molecule has 2 heterocycles. The molecular weight excluding hydrogens is 242 g/mol. The number of nitrogens with zero attached hydrogens (tertiary/aromatic N) is 1. The van der Waals surface area contributed by atoms with E-state index in [1.807, 2.05) is 11.8 Å². The lowest BCUT2D eigenvalue weighted by Gasteiger charge is -2.28. The van der Waals surface area contributed by atoms with Gasteiger partial charge in [0.2, 0.25) is 11.8 Å². The van der Waals surface area contributed by atoms with E-state index in [1.54, 1.807) is 6.92 Å². The number of hydrogen-bond donors (Lipinski definition) is 2. The van der Waals surface area contributed by atoms with Crippen LogP contribution in [0.25, 0.3) is 0 Å². The Morgan fingerprint density at radius 3 is 2.58 bits per heavy atom. The van der Waals surface area contributed by atoms with Crippen LogP contribution in [0.15, 0.2) is 0 Å². The molecule has 2 aliphatic heterocycles. The van der Waals surface area contributed by atoms with Crippen molar-refractivity contribution >= 4 is 11.8 Å². The summed E-state index contributed by atoms with van der Waals surface area (Å²) in [5.41, 5.74) is -0.320. The maximum absolute atomic E-state index is 12.4. The topological polar surface area (TPSA) is 61.4 Å². The Bertz CT molecular complexity index is 345. The van der Waals surface area contributed by atoms with Crippen molar-refractivity contribution in [1.82, 2.24) is 15.5 Å². The van der Waals surface area contributed by atoms with E-state index in [9.17, 15) is 9.59 Å². The van der Waals surface area contributed by atoms with Crippen molar-refractivity contribution in [3.05, 3.63) is 0 Å². The molecule has 0 radical (unpaired) electrons. The summed E-state index contributed by atoms with van der Waals surface area (Å²) in [5, 5.41) is 6.17. The van der Waals surface area contributed by atoms with Crippen LogP contribution in [0.5, 0.6) is 0 Å². The molecule has 2 fully saturated rings. The molecule has 0 aromatic rings. The molecule has 2 aliphatic rings. The zero-order valence-electron chi connectivity index (χ0n) is 12.0. The molecule has 5 heteroatoms. The molecule has 19 heavy (non-hydrogen) atoms. The fourth-order valence-electron chi connectivity index (χ4n) is 3.02. The average Bonchev–Trinajstić information content (AvgIpc) is 3.09. The van der Waals surface area contributed by atoms with E-state index in [4.69, 9.17) is 0 Å². The van der Waals surface area contributed by atoms with Gasteiger partial charge in [-0.25, -0.2) is 0 Å². The molecule has 2 saturated heterocycles. The van der Waals surface area contributed by atoms with Gasteiger partial charge in [-0.15, -0.1) is 0 Å². The minimum Gasteiger partial charge on any atom is -0.344 e. The van der Waals surface area contributed by atoms with Gasteiger partial charge in [0, 0.05) is 19.6 Å². The highest BCUT2D eigenvalue weighted by Gasteiger charge is 2.40. The molecule has 2 rings (SSSR count). The monoisotopic (exact) mass is 267 g/mol. The first kappa shape index (κ1) is 14.3. The molecular formula is C14H25N3O2. The van der Waals surface area contributed by atoms with Crippen molar-refractivity contribution in [1.29, 1.82) is 0 Å². The second-order valence-electron chi connectivity index (χ2n) is 5.79. The minimum absolute atomic E-state index is 0.0278. The summed E-state index contributed by atoms with van der Waals surface area (Å²) in [6.45, 7) is 7.11. The number of rotatable bonds is 4. The average molecular weight is 267 g/mol. The Hall–Kier alpha value is -1.10. The standard InChI is InChI=1S/C14H25N3O2/c1-3-14(6-7-15-10-14)13(19)16-11(2)12(18)17-8-4-5-9-17/h11,15H,3-10H2,1-2H3,(H,16,19). The molecule has 0 spiro atoms. The van der Waals surface area contributed by atoms with Gasteiger partial charge in [0.1, 0.15) is 6.04 Å². The lowest BCUT2D eigenvalue weighted by Crippen LogP contribution is -2.51. The number of carbonyl (C=O) groups excluding carboxylic acids is 2. The van der Waals surface area contributed by atoms with Crippen molar-refractivity contribution in [2.75, 3.05) is 26.2 Å². The molecule has 5 nitrogen and oxygen atoms in total. The van der Waals surface area contributed by atoms with E-state index in [2.05, 4.69) is 10.6 Å². The first-order valence-corrected chi connectivity index (χ1v) is 7.39. The first-order chi connectivity index (χ1) is 9.09. The van der Waals surface area contributed by atoms with Gasteiger partial charge in [-0.05, 0) is 39.2 Å². The molecule has 0 aromatic carbocycles. The minimum atomic E-state index is -0.408. The number of nitrogens with one attached hydrogen (secondary N) is 2. The molecule has 0 aromatic heterocycles. The largest absolute Gasteiger partial charge is 0.344 e. The highest BCUT2D eigenvalue weighted by molar-refractivity contribution is 5.90. The van der Waals surface area contributed by atoms with Crippen LogP contribution in [0.2, 0.25) is 0 Å². The van der Waals surface area contributed by atoms with Gasteiger partial charge in [-0.2, -0.15) is 0 Å². The predicted octanol–water partition coefficient (Wildman–Crippen LogP) is 0.503. The number of hydrogen-bond acceptors (Lipinski definition) is 3. The van der Waals surface area contributed by atoms with Gasteiger partial charge in [-0.3, -0.25) is 9.59 Å². The Morgan fingerprint density at radius 1 is 1.37 bits per heavy atom. The number of likely N-dealkylation sites (tertiary alicyclic amines) is 1. The van der Waals surface area contributed by atoms with Crippen LogP contribution in [0.1, 0.15) is 39.5 Å². The molecule has 2 unspecified atom stereocenters.